The third kappa shape index (κ3) is 16.3. The number of hydrogen-bond acceptors (Lipinski definition) is 8. The second-order valence-electron chi connectivity index (χ2n) is 11.2. The van der Waals surface area contributed by atoms with Crippen molar-refractivity contribution in [3.63, 3.8) is 0 Å². The molecular formula is C24H45N3O7. The predicted octanol–water partition coefficient (Wildman–Crippen LogP) is 2.96. The smallest absolute Gasteiger partial charge is 0.329 e. The second-order valence-corrected chi connectivity index (χ2v) is 11.2. The summed E-state index contributed by atoms with van der Waals surface area (Å²) in [6.45, 7) is 16.0. The Bertz CT molecular complexity index is 688. The maximum Gasteiger partial charge on any atom is 0.329 e. The van der Waals surface area contributed by atoms with Gasteiger partial charge in [-0.25, -0.2) is 14.4 Å². The number of rotatable bonds is 11. The fraction of sp³-hybridized carbons (Fsp3) is 0.833. The van der Waals surface area contributed by atoms with Gasteiger partial charge < -0.3 is 30.6 Å². The van der Waals surface area contributed by atoms with Crippen molar-refractivity contribution >= 4 is 23.9 Å². The SMILES string of the molecule is CC(C)(C)OC(=O)CC[C@@H](NC(=O)N[C@H](CCCCN)C(=O)OC(C)(C)C)C(=O)OC(C)(C)C. The van der Waals surface area contributed by atoms with E-state index in [2.05, 4.69) is 10.6 Å². The molecule has 0 aromatic rings. The van der Waals surface area contributed by atoms with Crippen molar-refractivity contribution < 1.29 is 33.4 Å². The lowest BCUT2D eigenvalue weighted by molar-refractivity contribution is -0.159. The number of nitrogens with two attached hydrogens (primary N) is 1. The first-order valence-electron chi connectivity index (χ1n) is 11.8. The summed E-state index contributed by atoms with van der Waals surface area (Å²) in [5.74, 6) is -1.78. The fourth-order valence-electron chi connectivity index (χ4n) is 2.75. The summed E-state index contributed by atoms with van der Waals surface area (Å²) in [5, 5.41) is 5.11. The molecule has 10 nitrogen and oxygen atoms in total. The minimum atomic E-state index is -1.12. The zero-order chi connectivity index (χ0) is 26.7. The Morgan fingerprint density at radius 2 is 1.09 bits per heavy atom. The zero-order valence-electron chi connectivity index (χ0n) is 22.3. The molecule has 0 spiro atoms. The first-order chi connectivity index (χ1) is 15.3. The first kappa shape index (κ1) is 31.6. The summed E-state index contributed by atoms with van der Waals surface area (Å²) < 4.78 is 16.1. The lowest BCUT2D eigenvalue weighted by Gasteiger charge is -2.27. The number of unbranched alkanes of at least 4 members (excludes halogenated alkanes) is 1. The van der Waals surface area contributed by atoms with Crippen molar-refractivity contribution in [3.05, 3.63) is 0 Å². The van der Waals surface area contributed by atoms with Crippen LogP contribution in [0, 0.1) is 0 Å². The molecule has 0 rings (SSSR count). The Hall–Kier alpha value is -2.36. The average Bonchev–Trinajstić information content (AvgIpc) is 2.60. The van der Waals surface area contributed by atoms with Gasteiger partial charge in [-0.1, -0.05) is 0 Å². The van der Waals surface area contributed by atoms with Gasteiger partial charge in [0.1, 0.15) is 28.9 Å². The normalized spacial score (nSPS) is 13.9. The van der Waals surface area contributed by atoms with Crippen LogP contribution in [0.4, 0.5) is 4.79 Å². The maximum absolute atomic E-state index is 12.7. The van der Waals surface area contributed by atoms with Crippen molar-refractivity contribution in [2.45, 2.75) is 123 Å². The minimum Gasteiger partial charge on any atom is -0.460 e. The van der Waals surface area contributed by atoms with Crippen molar-refractivity contribution in [1.29, 1.82) is 0 Å². The van der Waals surface area contributed by atoms with Gasteiger partial charge in [-0.2, -0.15) is 0 Å². The number of carbonyl (C=O) groups is 4. The average molecular weight is 488 g/mol. The van der Waals surface area contributed by atoms with Crippen LogP contribution < -0.4 is 16.4 Å². The number of nitrogens with one attached hydrogen (secondary N) is 2. The lowest BCUT2D eigenvalue weighted by atomic mass is 10.1. The van der Waals surface area contributed by atoms with E-state index in [0.29, 0.717) is 25.8 Å². The van der Waals surface area contributed by atoms with Crippen molar-refractivity contribution in [2.24, 2.45) is 5.73 Å². The van der Waals surface area contributed by atoms with Crippen LogP contribution in [0.5, 0.6) is 0 Å². The summed E-state index contributed by atoms with van der Waals surface area (Å²) in [5.41, 5.74) is 3.34. The lowest BCUT2D eigenvalue weighted by Crippen LogP contribution is -2.53. The van der Waals surface area contributed by atoms with Gasteiger partial charge >= 0.3 is 23.9 Å². The zero-order valence-corrected chi connectivity index (χ0v) is 22.3. The van der Waals surface area contributed by atoms with Gasteiger partial charge in [0.25, 0.3) is 0 Å². The molecule has 0 saturated heterocycles. The highest BCUT2D eigenvalue weighted by Gasteiger charge is 2.31. The quantitative estimate of drug-likeness (QED) is 0.229. The molecule has 0 heterocycles. The van der Waals surface area contributed by atoms with Crippen LogP contribution in [0.25, 0.3) is 0 Å². The molecule has 0 saturated carbocycles. The highest BCUT2D eigenvalue weighted by atomic mass is 16.6. The Balaban J connectivity index is 5.37. The molecule has 4 N–H and O–H groups in total. The van der Waals surface area contributed by atoms with E-state index in [0.717, 1.165) is 0 Å². The molecule has 2 atom stereocenters. The topological polar surface area (TPSA) is 146 Å². The van der Waals surface area contributed by atoms with Crippen LogP contribution in [0.3, 0.4) is 0 Å². The molecule has 0 aliphatic heterocycles. The van der Waals surface area contributed by atoms with Gasteiger partial charge in [0.05, 0.1) is 0 Å². The van der Waals surface area contributed by atoms with Crippen LogP contribution in [0.1, 0.15) is 94.4 Å². The molecule has 2 amide bonds. The molecular weight excluding hydrogens is 442 g/mol. The Morgan fingerprint density at radius 3 is 1.47 bits per heavy atom. The molecule has 34 heavy (non-hydrogen) atoms. The van der Waals surface area contributed by atoms with E-state index in [-0.39, 0.29) is 12.8 Å². The van der Waals surface area contributed by atoms with Crippen LogP contribution in [0.2, 0.25) is 0 Å². The highest BCUT2D eigenvalue weighted by molar-refractivity contribution is 5.87. The van der Waals surface area contributed by atoms with E-state index in [1.807, 2.05) is 0 Å². The summed E-state index contributed by atoms with van der Waals surface area (Å²) >= 11 is 0. The van der Waals surface area contributed by atoms with E-state index < -0.39 is 52.8 Å². The van der Waals surface area contributed by atoms with Crippen LogP contribution in [0.15, 0.2) is 0 Å². The number of esters is 3. The largest absolute Gasteiger partial charge is 0.460 e. The predicted molar refractivity (Wildman–Crippen MR) is 129 cm³/mol. The van der Waals surface area contributed by atoms with Gasteiger partial charge in [-0.15, -0.1) is 0 Å². The fourth-order valence-corrected chi connectivity index (χ4v) is 2.75. The third-order valence-electron chi connectivity index (χ3n) is 4.00. The van der Waals surface area contributed by atoms with Gasteiger partial charge in [-0.3, -0.25) is 4.79 Å². The molecule has 198 valence electrons. The minimum absolute atomic E-state index is 0.0263. The Kier molecular flexibility index (Phi) is 12.6. The van der Waals surface area contributed by atoms with E-state index in [4.69, 9.17) is 19.9 Å². The number of carbonyl (C=O) groups excluding carboxylic acids is 4. The number of urea groups is 1. The summed E-state index contributed by atoms with van der Waals surface area (Å²) in [4.78, 5) is 50.1. The molecule has 0 aliphatic carbocycles. The molecule has 0 bridgehead atoms. The van der Waals surface area contributed by atoms with Crippen LogP contribution >= 0.6 is 0 Å². The molecule has 0 radical (unpaired) electrons. The van der Waals surface area contributed by atoms with Gasteiger partial charge in [0.2, 0.25) is 0 Å². The van der Waals surface area contributed by atoms with E-state index in [9.17, 15) is 19.2 Å². The van der Waals surface area contributed by atoms with Crippen molar-refractivity contribution in [3.8, 4) is 0 Å². The van der Waals surface area contributed by atoms with Gasteiger partial charge in [0.15, 0.2) is 0 Å². The molecule has 10 heteroatoms. The van der Waals surface area contributed by atoms with Crippen molar-refractivity contribution in [2.75, 3.05) is 6.54 Å². The third-order valence-corrected chi connectivity index (χ3v) is 4.00. The van der Waals surface area contributed by atoms with E-state index >= 15 is 0 Å². The van der Waals surface area contributed by atoms with Crippen molar-refractivity contribution in [1.82, 2.24) is 10.6 Å². The van der Waals surface area contributed by atoms with Gasteiger partial charge in [-0.05, 0) is 94.5 Å². The standard InChI is InChI=1S/C24H45N3O7/c1-22(2,3)32-18(28)14-13-17(20(30)34-24(7,8)9)27-21(31)26-16(12-10-11-15-25)19(29)33-23(4,5)6/h16-17H,10-15,25H2,1-9H3,(H2,26,27,31)/t16-,17-/m1/s1. The van der Waals surface area contributed by atoms with Gasteiger partial charge in [0, 0.05) is 6.42 Å². The second kappa shape index (κ2) is 13.5. The summed E-state index contributed by atoms with van der Waals surface area (Å²) in [6, 6.07) is -2.78. The van der Waals surface area contributed by atoms with Crippen LogP contribution in [-0.2, 0) is 28.6 Å². The molecule has 0 unspecified atom stereocenters. The highest BCUT2D eigenvalue weighted by Crippen LogP contribution is 2.14. The number of hydrogen-bond donors (Lipinski definition) is 3. The van der Waals surface area contributed by atoms with E-state index in [1.165, 1.54) is 0 Å². The Morgan fingerprint density at radius 1 is 0.676 bits per heavy atom. The van der Waals surface area contributed by atoms with Crippen LogP contribution in [-0.4, -0.2) is 59.4 Å². The molecule has 0 aromatic heterocycles. The number of ether oxygens (including phenoxy) is 3. The summed E-state index contributed by atoms with van der Waals surface area (Å²) in [6.07, 6.45) is 1.48. The van der Waals surface area contributed by atoms with E-state index in [1.54, 1.807) is 62.3 Å². The molecule has 0 aliphatic rings. The Labute approximate surface area is 204 Å². The molecule has 0 aromatic carbocycles. The maximum atomic E-state index is 12.7. The monoisotopic (exact) mass is 487 g/mol. The number of amides is 2. The first-order valence-corrected chi connectivity index (χ1v) is 11.8. The molecule has 0 fully saturated rings. The summed E-state index contributed by atoms with van der Waals surface area (Å²) in [7, 11) is 0.